The maximum absolute atomic E-state index is 12.9. The van der Waals surface area contributed by atoms with Gasteiger partial charge in [0.1, 0.15) is 11.6 Å². The number of ketones is 1. The molecule has 8 heteroatoms. The van der Waals surface area contributed by atoms with Crippen molar-refractivity contribution >= 4 is 17.4 Å². The number of aliphatic hydroxyl groups excluding tert-OH is 1. The van der Waals surface area contributed by atoms with E-state index in [1.807, 2.05) is 19.0 Å². The lowest BCUT2D eigenvalue weighted by Crippen LogP contribution is -2.35. The predicted octanol–water partition coefficient (Wildman–Crippen LogP) is 1.47. The van der Waals surface area contributed by atoms with Crippen LogP contribution in [0, 0.1) is 13.8 Å². The summed E-state index contributed by atoms with van der Waals surface area (Å²) in [7, 11) is 3.78. The fourth-order valence-electron chi connectivity index (χ4n) is 3.26. The lowest BCUT2D eigenvalue weighted by molar-refractivity contribution is -0.140. The van der Waals surface area contributed by atoms with Crippen molar-refractivity contribution < 1.29 is 14.7 Å². The SMILES string of the molecule is Cc1ncc(/C(O)=C2\C(=O)C(=O)N(CCN(C)C)C2c2cccnc2)c(C)n1. The van der Waals surface area contributed by atoms with E-state index in [4.69, 9.17) is 0 Å². The zero-order chi connectivity index (χ0) is 20.4. The number of aryl methyl sites for hydroxylation is 2. The van der Waals surface area contributed by atoms with Gasteiger partial charge in [-0.15, -0.1) is 0 Å². The largest absolute Gasteiger partial charge is 0.507 e. The predicted molar refractivity (Wildman–Crippen MR) is 103 cm³/mol. The van der Waals surface area contributed by atoms with E-state index < -0.39 is 17.7 Å². The summed E-state index contributed by atoms with van der Waals surface area (Å²) in [4.78, 5) is 41.5. The number of amides is 1. The summed E-state index contributed by atoms with van der Waals surface area (Å²) < 4.78 is 0. The minimum Gasteiger partial charge on any atom is -0.507 e. The number of hydrogen-bond donors (Lipinski definition) is 1. The van der Waals surface area contributed by atoms with Gasteiger partial charge in [-0.3, -0.25) is 14.6 Å². The van der Waals surface area contributed by atoms with Gasteiger partial charge in [0.15, 0.2) is 0 Å². The van der Waals surface area contributed by atoms with Gasteiger partial charge in [-0.05, 0) is 39.6 Å². The minimum atomic E-state index is -0.718. The van der Waals surface area contributed by atoms with Gasteiger partial charge in [0, 0.05) is 31.7 Å². The van der Waals surface area contributed by atoms with Crippen molar-refractivity contribution in [1.29, 1.82) is 0 Å². The molecule has 2 aromatic heterocycles. The average Bonchev–Trinajstić information content (AvgIpc) is 2.91. The molecule has 3 rings (SSSR count). The van der Waals surface area contributed by atoms with E-state index in [1.54, 1.807) is 38.4 Å². The molecule has 0 bridgehead atoms. The zero-order valence-corrected chi connectivity index (χ0v) is 16.4. The molecule has 2 aromatic rings. The van der Waals surface area contributed by atoms with Gasteiger partial charge in [-0.1, -0.05) is 6.07 Å². The maximum Gasteiger partial charge on any atom is 0.295 e. The Morgan fingerprint density at radius 2 is 2.00 bits per heavy atom. The van der Waals surface area contributed by atoms with Crippen LogP contribution in [0.4, 0.5) is 0 Å². The second-order valence-electron chi connectivity index (χ2n) is 7.00. The number of Topliss-reactive ketones (excluding diaryl/α,β-unsaturated/α-hetero) is 1. The second kappa shape index (κ2) is 7.85. The van der Waals surface area contributed by atoms with Crippen molar-refractivity contribution in [2.45, 2.75) is 19.9 Å². The quantitative estimate of drug-likeness (QED) is 0.476. The van der Waals surface area contributed by atoms with Gasteiger partial charge in [0.05, 0.1) is 22.9 Å². The number of likely N-dealkylation sites (N-methyl/N-ethyl adjacent to an activating group) is 1. The Morgan fingerprint density at radius 3 is 2.61 bits per heavy atom. The third kappa shape index (κ3) is 3.63. The maximum atomic E-state index is 12.9. The van der Waals surface area contributed by atoms with Gasteiger partial charge in [0.25, 0.3) is 11.7 Å². The summed E-state index contributed by atoms with van der Waals surface area (Å²) in [6.45, 7) is 4.39. The number of pyridine rings is 1. The minimum absolute atomic E-state index is 0.0345. The molecule has 8 nitrogen and oxygen atoms in total. The molecule has 0 saturated carbocycles. The molecule has 1 atom stereocenters. The molecular weight excluding hydrogens is 358 g/mol. The number of nitrogens with zero attached hydrogens (tertiary/aromatic N) is 5. The van der Waals surface area contributed by atoms with Crippen molar-refractivity contribution in [3.63, 3.8) is 0 Å². The van der Waals surface area contributed by atoms with E-state index in [1.165, 1.54) is 11.1 Å². The molecule has 1 N–H and O–H groups in total. The smallest absolute Gasteiger partial charge is 0.295 e. The van der Waals surface area contributed by atoms with Gasteiger partial charge >= 0.3 is 0 Å². The summed E-state index contributed by atoms with van der Waals surface area (Å²) in [6, 6.07) is 2.81. The van der Waals surface area contributed by atoms with Crippen molar-refractivity contribution in [3.05, 3.63) is 58.9 Å². The third-order valence-electron chi connectivity index (χ3n) is 4.68. The highest BCUT2D eigenvalue weighted by Gasteiger charge is 2.46. The molecule has 0 aliphatic carbocycles. The summed E-state index contributed by atoms with van der Waals surface area (Å²) in [5, 5.41) is 11.0. The molecule has 1 fully saturated rings. The molecule has 1 unspecified atom stereocenters. The number of hydrogen-bond acceptors (Lipinski definition) is 7. The lowest BCUT2D eigenvalue weighted by Gasteiger charge is -2.26. The van der Waals surface area contributed by atoms with E-state index in [9.17, 15) is 14.7 Å². The second-order valence-corrected chi connectivity index (χ2v) is 7.00. The number of carbonyl (C=O) groups is 2. The average molecular weight is 381 g/mol. The molecule has 0 aromatic carbocycles. The number of rotatable bonds is 5. The number of aromatic nitrogens is 3. The molecule has 0 spiro atoms. The van der Waals surface area contributed by atoms with Crippen molar-refractivity contribution in [3.8, 4) is 0 Å². The molecule has 3 heterocycles. The number of carbonyl (C=O) groups excluding carboxylic acids is 2. The first-order valence-corrected chi connectivity index (χ1v) is 8.95. The van der Waals surface area contributed by atoms with Gasteiger partial charge in [-0.2, -0.15) is 0 Å². The van der Waals surface area contributed by atoms with Crippen LogP contribution in [0.15, 0.2) is 36.3 Å². The Balaban J connectivity index is 2.16. The van der Waals surface area contributed by atoms with Gasteiger partial charge in [0.2, 0.25) is 0 Å². The molecule has 1 aliphatic rings. The Morgan fingerprint density at radius 1 is 1.25 bits per heavy atom. The molecule has 0 radical (unpaired) electrons. The van der Waals surface area contributed by atoms with Crippen molar-refractivity contribution in [1.82, 2.24) is 24.8 Å². The molecule has 1 saturated heterocycles. The van der Waals surface area contributed by atoms with E-state index >= 15 is 0 Å². The Labute approximate surface area is 163 Å². The fourth-order valence-corrected chi connectivity index (χ4v) is 3.26. The Kier molecular flexibility index (Phi) is 5.51. The topological polar surface area (TPSA) is 99.5 Å². The summed E-state index contributed by atoms with van der Waals surface area (Å²) >= 11 is 0. The van der Waals surface area contributed by atoms with Crippen LogP contribution >= 0.6 is 0 Å². The normalized spacial score (nSPS) is 18.9. The van der Waals surface area contributed by atoms with Crippen LogP contribution in [0.2, 0.25) is 0 Å². The molecule has 1 aliphatic heterocycles. The van der Waals surface area contributed by atoms with E-state index in [0.717, 1.165) is 0 Å². The highest BCUT2D eigenvalue weighted by atomic mass is 16.3. The highest BCUT2D eigenvalue weighted by Crippen LogP contribution is 2.39. The number of likely N-dealkylation sites (tertiary alicyclic amines) is 1. The van der Waals surface area contributed by atoms with Crippen LogP contribution in [0.5, 0.6) is 0 Å². The van der Waals surface area contributed by atoms with Crippen LogP contribution in [0.1, 0.15) is 28.7 Å². The molecule has 28 heavy (non-hydrogen) atoms. The molecular formula is C20H23N5O3. The van der Waals surface area contributed by atoms with Crippen LogP contribution in [0.3, 0.4) is 0 Å². The number of aliphatic hydroxyl groups is 1. The third-order valence-corrected chi connectivity index (χ3v) is 4.68. The molecule has 146 valence electrons. The van der Waals surface area contributed by atoms with Crippen molar-refractivity contribution in [2.75, 3.05) is 27.2 Å². The highest BCUT2D eigenvalue weighted by molar-refractivity contribution is 6.46. The zero-order valence-electron chi connectivity index (χ0n) is 16.4. The first-order chi connectivity index (χ1) is 13.3. The Hall–Kier alpha value is -3.13. The summed E-state index contributed by atoms with van der Waals surface area (Å²) in [6.07, 6.45) is 4.69. The lowest BCUT2D eigenvalue weighted by atomic mass is 9.96. The summed E-state index contributed by atoms with van der Waals surface area (Å²) in [5.41, 5.74) is 1.57. The summed E-state index contributed by atoms with van der Waals surface area (Å²) in [5.74, 6) is -1.06. The molecule has 1 amide bonds. The first kappa shape index (κ1) is 19.6. The van der Waals surface area contributed by atoms with Crippen LogP contribution < -0.4 is 0 Å². The Bertz CT molecular complexity index is 940. The van der Waals surface area contributed by atoms with E-state index in [2.05, 4.69) is 15.0 Å². The van der Waals surface area contributed by atoms with E-state index in [-0.39, 0.29) is 11.3 Å². The monoisotopic (exact) mass is 381 g/mol. The van der Waals surface area contributed by atoms with Crippen LogP contribution in [-0.4, -0.2) is 68.7 Å². The van der Waals surface area contributed by atoms with Crippen LogP contribution in [-0.2, 0) is 9.59 Å². The standard InChI is InChI=1S/C20H23N5O3/c1-12-15(11-22-13(2)23-12)18(26)16-17(14-6-5-7-21-10-14)25(9-8-24(3)4)20(28)19(16)27/h5-7,10-11,17,26H,8-9H2,1-4H3/b18-16+. The van der Waals surface area contributed by atoms with Crippen molar-refractivity contribution in [2.24, 2.45) is 0 Å². The van der Waals surface area contributed by atoms with Gasteiger partial charge < -0.3 is 14.9 Å². The van der Waals surface area contributed by atoms with E-state index in [0.29, 0.717) is 35.7 Å². The fraction of sp³-hybridized carbons (Fsp3) is 0.350. The first-order valence-electron chi connectivity index (χ1n) is 8.95. The van der Waals surface area contributed by atoms with Gasteiger partial charge in [-0.25, -0.2) is 9.97 Å². The van der Waals surface area contributed by atoms with Crippen LogP contribution in [0.25, 0.3) is 5.76 Å².